The van der Waals surface area contributed by atoms with Crippen molar-refractivity contribution < 1.29 is 32.0 Å². The minimum absolute atomic E-state index is 0.00162. The summed E-state index contributed by atoms with van der Waals surface area (Å²) >= 11 is 0. The lowest BCUT2D eigenvalue weighted by atomic mass is 10.1. The Morgan fingerprint density at radius 3 is 2.81 bits per heavy atom. The predicted molar refractivity (Wildman–Crippen MR) is 110 cm³/mol. The van der Waals surface area contributed by atoms with Crippen LogP contribution in [0.1, 0.15) is 5.56 Å². The Balaban J connectivity index is 1.62. The molecule has 2 N–H and O–H groups in total. The second kappa shape index (κ2) is 8.33. The maximum atomic E-state index is 13.0. The Labute approximate surface area is 179 Å². The Morgan fingerprint density at radius 1 is 1.25 bits per heavy atom. The number of carbonyl (C=O) groups excluding carboxylic acids is 1. The molecule has 4 rings (SSSR count). The highest BCUT2D eigenvalue weighted by Gasteiger charge is 2.52. The molecule has 2 aromatic heterocycles. The van der Waals surface area contributed by atoms with Crippen LogP contribution in [0, 0.1) is 11.8 Å². The van der Waals surface area contributed by atoms with E-state index in [1.54, 1.807) is 30.3 Å². The van der Waals surface area contributed by atoms with Crippen LogP contribution < -0.4 is 10.4 Å². The number of hydroxylamine groups is 2. The second-order valence-electron chi connectivity index (χ2n) is 6.72. The number of quaternary nitrogens is 1. The molecule has 1 aliphatic heterocycles. The maximum absolute atomic E-state index is 13.0. The first-order chi connectivity index (χ1) is 15.3. The van der Waals surface area contributed by atoms with Gasteiger partial charge in [-0.1, -0.05) is 28.6 Å². The summed E-state index contributed by atoms with van der Waals surface area (Å²) in [6, 6.07) is 8.34. The number of halogens is 3. The smallest absolute Gasteiger partial charge is 0.471 e. The van der Waals surface area contributed by atoms with E-state index in [0.717, 1.165) is 6.34 Å². The van der Waals surface area contributed by atoms with E-state index < -0.39 is 16.8 Å². The molecule has 1 unspecified atom stereocenters. The Bertz CT molecular complexity index is 1250. The topological polar surface area (TPSA) is 99.9 Å². The fourth-order valence-electron chi connectivity index (χ4n) is 3.20. The maximum Gasteiger partial charge on any atom is 0.497 e. The van der Waals surface area contributed by atoms with Gasteiger partial charge in [0.25, 0.3) is 0 Å². The van der Waals surface area contributed by atoms with Crippen molar-refractivity contribution in [1.82, 2.24) is 9.63 Å². The molecule has 0 aliphatic carbocycles. The minimum Gasteiger partial charge on any atom is -0.471 e. The summed E-state index contributed by atoms with van der Waals surface area (Å²) in [5.74, 6) is 3.20. The van der Waals surface area contributed by atoms with E-state index in [-0.39, 0.29) is 37.0 Å². The lowest BCUT2D eigenvalue weighted by molar-refractivity contribution is -0.222. The molecule has 3 heterocycles. The number of hydrogen-bond donors (Lipinski definition) is 1. The molecule has 32 heavy (non-hydrogen) atoms. The van der Waals surface area contributed by atoms with Crippen molar-refractivity contribution in [1.29, 1.82) is 0 Å². The number of anilines is 1. The van der Waals surface area contributed by atoms with Crippen LogP contribution in [-0.2, 0) is 14.4 Å². The summed E-state index contributed by atoms with van der Waals surface area (Å²) in [5.41, 5.74) is 7.36. The van der Waals surface area contributed by atoms with Crippen LogP contribution in [0.4, 0.5) is 30.4 Å². The summed E-state index contributed by atoms with van der Waals surface area (Å²) in [6.45, 7) is -0.284. The quantitative estimate of drug-likeness (QED) is 0.367. The van der Waals surface area contributed by atoms with Crippen LogP contribution in [0.2, 0.25) is 0 Å². The van der Waals surface area contributed by atoms with Gasteiger partial charge in [0.2, 0.25) is 12.0 Å². The van der Waals surface area contributed by atoms with Gasteiger partial charge < -0.3 is 14.9 Å². The van der Waals surface area contributed by atoms with E-state index in [9.17, 15) is 18.0 Å². The van der Waals surface area contributed by atoms with E-state index in [1.807, 2.05) is 0 Å². The molecule has 0 radical (unpaired) electrons. The standard InChI is InChI=1S/C21H16F3N4O4/c22-21(23,24)20(29)32-28(8-11-30-9-3-4-14-7-10-31-12-14)13-26-17-18(28)15-5-1-2-6-16(15)27-19(17)25/h1-2,5-7,10,12-13H,8-9,11H2,(H2,25,27)/q+1. The third-order valence-corrected chi connectivity index (χ3v) is 4.59. The van der Waals surface area contributed by atoms with Gasteiger partial charge in [0.15, 0.2) is 18.1 Å². The van der Waals surface area contributed by atoms with Crippen molar-refractivity contribution in [2.75, 3.05) is 25.5 Å². The number of aliphatic imine (C=N–C) groups is 1. The zero-order valence-electron chi connectivity index (χ0n) is 16.4. The molecule has 0 saturated heterocycles. The molecule has 0 fully saturated rings. The highest BCUT2D eigenvalue weighted by molar-refractivity contribution is 6.07. The molecule has 0 spiro atoms. The number of ether oxygens (including phenoxy) is 1. The van der Waals surface area contributed by atoms with E-state index in [4.69, 9.17) is 19.7 Å². The van der Waals surface area contributed by atoms with E-state index >= 15 is 0 Å². The third kappa shape index (κ3) is 4.14. The Morgan fingerprint density at radius 2 is 2.06 bits per heavy atom. The number of furan rings is 1. The molecule has 0 amide bonds. The zero-order chi connectivity index (χ0) is 22.8. The fourth-order valence-corrected chi connectivity index (χ4v) is 3.20. The monoisotopic (exact) mass is 445 g/mol. The van der Waals surface area contributed by atoms with Gasteiger partial charge in [-0.15, -0.1) is 0 Å². The molecule has 1 aromatic carbocycles. The second-order valence-corrected chi connectivity index (χ2v) is 6.72. The minimum atomic E-state index is -5.20. The molecule has 3 aromatic rings. The molecule has 0 saturated carbocycles. The van der Waals surface area contributed by atoms with Crippen molar-refractivity contribution in [3.8, 4) is 11.8 Å². The van der Waals surface area contributed by atoms with Crippen LogP contribution >= 0.6 is 0 Å². The summed E-state index contributed by atoms with van der Waals surface area (Å²) < 4.78 is 48.5. The summed E-state index contributed by atoms with van der Waals surface area (Å²) in [5, 5.41) is 0.448. The van der Waals surface area contributed by atoms with Gasteiger partial charge >= 0.3 is 12.1 Å². The number of benzene rings is 1. The number of aromatic nitrogens is 1. The van der Waals surface area contributed by atoms with Crippen LogP contribution in [0.3, 0.4) is 0 Å². The number of carbonyl (C=O) groups is 1. The molecular weight excluding hydrogens is 429 g/mol. The van der Waals surface area contributed by atoms with Crippen molar-refractivity contribution in [3.05, 3.63) is 48.4 Å². The average molecular weight is 445 g/mol. The summed E-state index contributed by atoms with van der Waals surface area (Å²) in [7, 11) is 0. The third-order valence-electron chi connectivity index (χ3n) is 4.59. The van der Waals surface area contributed by atoms with Crippen LogP contribution in [0.5, 0.6) is 0 Å². The number of fused-ring (bicyclic) bond motifs is 3. The number of para-hydroxylation sites is 1. The molecule has 0 bridgehead atoms. The highest BCUT2D eigenvalue weighted by atomic mass is 19.4. The van der Waals surface area contributed by atoms with E-state index in [1.165, 1.54) is 12.5 Å². The van der Waals surface area contributed by atoms with Gasteiger partial charge in [-0.05, 0) is 18.2 Å². The summed E-state index contributed by atoms with van der Waals surface area (Å²) in [6.07, 6.45) is -1.18. The van der Waals surface area contributed by atoms with Gasteiger partial charge in [-0.2, -0.15) is 18.2 Å². The Kier molecular flexibility index (Phi) is 5.56. The van der Waals surface area contributed by atoms with Crippen LogP contribution in [0.25, 0.3) is 10.9 Å². The number of pyridine rings is 1. The number of nitrogens with zero attached hydrogens (tertiary/aromatic N) is 3. The first kappa shape index (κ1) is 21.4. The average Bonchev–Trinajstić information content (AvgIpc) is 3.39. The number of rotatable bonds is 5. The molecule has 1 atom stereocenters. The number of nitrogen functional groups attached to an aromatic ring is 1. The number of hydrogen-bond acceptors (Lipinski definition) is 7. The van der Waals surface area contributed by atoms with Gasteiger partial charge in [0, 0.05) is 0 Å². The molecule has 11 heteroatoms. The zero-order valence-corrected chi connectivity index (χ0v) is 16.4. The van der Waals surface area contributed by atoms with Crippen molar-refractivity contribution in [3.63, 3.8) is 0 Å². The molecule has 1 aliphatic rings. The Hall–Kier alpha value is -3.88. The fraction of sp³-hybridized carbons (Fsp3) is 0.190. The molecule has 8 nitrogen and oxygen atoms in total. The van der Waals surface area contributed by atoms with E-state index in [2.05, 4.69) is 21.8 Å². The van der Waals surface area contributed by atoms with Gasteiger partial charge in [-0.3, -0.25) is 4.84 Å². The van der Waals surface area contributed by atoms with E-state index in [0.29, 0.717) is 16.5 Å². The van der Waals surface area contributed by atoms with Crippen LogP contribution in [-0.4, -0.2) is 43.2 Å². The SMILES string of the molecule is Nc1nc2ccccc2c2c1N=C[N+]2(CCOCC#Cc1ccoc1)OC(=O)C(F)(F)F. The normalized spacial score (nSPS) is 17.1. The van der Waals surface area contributed by atoms with Gasteiger partial charge in [-0.25, -0.2) is 9.78 Å². The first-order valence-corrected chi connectivity index (χ1v) is 9.31. The highest BCUT2D eigenvalue weighted by Crippen LogP contribution is 2.46. The predicted octanol–water partition coefficient (Wildman–Crippen LogP) is 3.48. The van der Waals surface area contributed by atoms with Gasteiger partial charge in [0.1, 0.15) is 19.5 Å². The number of alkyl halides is 3. The molecule has 164 valence electrons. The van der Waals surface area contributed by atoms with Gasteiger partial charge in [0.05, 0.1) is 22.7 Å². The summed E-state index contributed by atoms with van der Waals surface area (Å²) in [4.78, 5) is 25.0. The number of nitrogens with two attached hydrogens (primary N) is 1. The largest absolute Gasteiger partial charge is 0.497 e. The van der Waals surface area contributed by atoms with Crippen molar-refractivity contribution >= 4 is 40.4 Å². The molecular formula is C21H16F3N4O4+. The lowest BCUT2D eigenvalue weighted by Gasteiger charge is -2.28. The van der Waals surface area contributed by atoms with Crippen molar-refractivity contribution in [2.24, 2.45) is 4.99 Å². The lowest BCUT2D eigenvalue weighted by Crippen LogP contribution is -2.52. The van der Waals surface area contributed by atoms with Crippen LogP contribution in [0.15, 0.2) is 52.3 Å². The first-order valence-electron chi connectivity index (χ1n) is 9.31. The van der Waals surface area contributed by atoms with Crippen molar-refractivity contribution in [2.45, 2.75) is 6.18 Å².